The molecule has 0 spiro atoms. The topological polar surface area (TPSA) is 76.0 Å². The Morgan fingerprint density at radius 1 is 1.22 bits per heavy atom. The molecule has 0 amide bonds. The molecule has 0 N–H and O–H groups in total. The molecule has 7 heteroatoms. The highest BCUT2D eigenvalue weighted by atomic mass is 32.2. The maximum absolute atomic E-state index is 12.4. The van der Waals surface area contributed by atoms with Gasteiger partial charge >= 0.3 is 0 Å². The summed E-state index contributed by atoms with van der Waals surface area (Å²) in [5.41, 5.74) is 0.110. The zero-order valence-electron chi connectivity index (χ0n) is 9.57. The van der Waals surface area contributed by atoms with E-state index < -0.39 is 10.0 Å². The molecule has 1 heterocycles. The number of nitrogens with zero attached hydrogens (tertiary/aromatic N) is 2. The first-order valence-corrected chi connectivity index (χ1v) is 6.85. The third-order valence-corrected chi connectivity index (χ3v) is 4.57. The minimum Gasteiger partial charge on any atom is -0.379 e. The number of rotatable bonds is 3. The smallest absolute Gasteiger partial charge is 0.245 e. The molecule has 0 unspecified atom stereocenters. The molecule has 1 aliphatic heterocycles. The van der Waals surface area contributed by atoms with E-state index in [0.717, 1.165) is 0 Å². The molecule has 6 nitrogen and oxygen atoms in total. The van der Waals surface area contributed by atoms with Crippen molar-refractivity contribution in [3.05, 3.63) is 24.3 Å². The molecule has 1 aromatic carbocycles. The number of para-hydroxylation sites is 1. The van der Waals surface area contributed by atoms with E-state index in [4.69, 9.17) is 4.74 Å². The van der Waals surface area contributed by atoms with Crippen LogP contribution in [0.1, 0.15) is 0 Å². The van der Waals surface area contributed by atoms with Gasteiger partial charge in [-0.05, 0) is 12.1 Å². The summed E-state index contributed by atoms with van der Waals surface area (Å²) in [4.78, 5) is 13.8. The Morgan fingerprint density at radius 2 is 1.89 bits per heavy atom. The summed E-state index contributed by atoms with van der Waals surface area (Å²) >= 11 is 0. The van der Waals surface area contributed by atoms with Gasteiger partial charge in [0, 0.05) is 13.1 Å². The normalized spacial score (nSPS) is 17.1. The fraction of sp³-hybridized carbons (Fsp3) is 0.364. The van der Waals surface area contributed by atoms with E-state index in [0.29, 0.717) is 26.3 Å². The van der Waals surface area contributed by atoms with Crippen molar-refractivity contribution in [3.8, 4) is 0 Å². The van der Waals surface area contributed by atoms with Crippen molar-refractivity contribution in [1.29, 1.82) is 0 Å². The minimum absolute atomic E-state index is 0.0234. The van der Waals surface area contributed by atoms with Crippen LogP contribution in [0, 0.1) is 0 Å². The molecule has 18 heavy (non-hydrogen) atoms. The number of ether oxygens (including phenoxy) is 1. The van der Waals surface area contributed by atoms with Crippen molar-refractivity contribution in [2.45, 2.75) is 4.90 Å². The molecule has 0 bridgehead atoms. The lowest BCUT2D eigenvalue weighted by Crippen LogP contribution is -2.40. The van der Waals surface area contributed by atoms with Crippen molar-refractivity contribution in [1.82, 2.24) is 4.31 Å². The van der Waals surface area contributed by atoms with Crippen LogP contribution in [-0.4, -0.2) is 45.1 Å². The van der Waals surface area contributed by atoms with Crippen LogP contribution in [0.25, 0.3) is 0 Å². The summed E-state index contributed by atoms with van der Waals surface area (Å²) in [7, 11) is -3.63. The highest BCUT2D eigenvalue weighted by molar-refractivity contribution is 7.89. The first-order chi connectivity index (χ1) is 8.66. The van der Waals surface area contributed by atoms with Crippen LogP contribution in [0.5, 0.6) is 0 Å². The lowest BCUT2D eigenvalue weighted by molar-refractivity contribution is 0.0730. The summed E-state index contributed by atoms with van der Waals surface area (Å²) < 4.78 is 31.2. The maximum atomic E-state index is 12.4. The van der Waals surface area contributed by atoms with Crippen molar-refractivity contribution in [2.75, 3.05) is 26.3 Å². The molecule has 0 aromatic heterocycles. The Kier molecular flexibility index (Phi) is 3.88. The predicted octanol–water partition coefficient (Wildman–Crippen LogP) is 0.675. The number of morpholine rings is 1. The first kappa shape index (κ1) is 12.9. The number of aliphatic imine (C=N–C) groups is 1. The molecule has 1 aliphatic rings. The first-order valence-electron chi connectivity index (χ1n) is 5.41. The van der Waals surface area contributed by atoms with Gasteiger partial charge in [0.2, 0.25) is 16.1 Å². The number of hydrogen-bond acceptors (Lipinski definition) is 5. The number of sulfonamides is 1. The molecule has 1 saturated heterocycles. The van der Waals surface area contributed by atoms with E-state index in [-0.39, 0.29) is 10.6 Å². The van der Waals surface area contributed by atoms with Crippen molar-refractivity contribution < 1.29 is 17.9 Å². The van der Waals surface area contributed by atoms with Crippen LogP contribution in [0.3, 0.4) is 0 Å². The lowest BCUT2D eigenvalue weighted by atomic mass is 10.3. The molecule has 0 aliphatic carbocycles. The average molecular weight is 268 g/mol. The van der Waals surface area contributed by atoms with Crippen molar-refractivity contribution in [3.63, 3.8) is 0 Å². The molecule has 96 valence electrons. The van der Waals surface area contributed by atoms with Gasteiger partial charge in [0.15, 0.2) is 0 Å². The summed E-state index contributed by atoms with van der Waals surface area (Å²) in [6, 6.07) is 6.12. The Morgan fingerprint density at radius 3 is 2.56 bits per heavy atom. The molecule has 0 atom stereocenters. The average Bonchev–Trinajstić information content (AvgIpc) is 2.41. The zero-order chi connectivity index (χ0) is 13.0. The molecular formula is C11H12N2O4S. The minimum atomic E-state index is -3.63. The van der Waals surface area contributed by atoms with E-state index in [1.165, 1.54) is 22.5 Å². The van der Waals surface area contributed by atoms with Crippen LogP contribution in [0.4, 0.5) is 5.69 Å². The van der Waals surface area contributed by atoms with E-state index in [1.807, 2.05) is 0 Å². The van der Waals surface area contributed by atoms with E-state index >= 15 is 0 Å². The second kappa shape index (κ2) is 5.41. The largest absolute Gasteiger partial charge is 0.379 e. The molecule has 2 rings (SSSR count). The molecule has 1 fully saturated rings. The second-order valence-corrected chi connectivity index (χ2v) is 5.59. The Balaban J connectivity index is 2.43. The summed E-state index contributed by atoms with van der Waals surface area (Å²) in [6.07, 6.45) is 1.37. The van der Waals surface area contributed by atoms with Gasteiger partial charge in [0.25, 0.3) is 0 Å². The number of carbonyl (C=O) groups excluding carboxylic acids is 1. The quantitative estimate of drug-likeness (QED) is 0.596. The van der Waals surface area contributed by atoms with Gasteiger partial charge in [-0.1, -0.05) is 12.1 Å². The molecule has 1 aromatic rings. The standard InChI is InChI=1S/C11H12N2O4S/c14-9-12-10-3-1-2-4-11(10)18(15,16)13-5-7-17-8-6-13/h1-4H,5-8H2. The van der Waals surface area contributed by atoms with Crippen molar-refractivity contribution in [2.24, 2.45) is 4.99 Å². The second-order valence-electron chi connectivity index (χ2n) is 3.69. The zero-order valence-corrected chi connectivity index (χ0v) is 10.4. The third-order valence-electron chi connectivity index (χ3n) is 2.62. The van der Waals surface area contributed by atoms with Crippen LogP contribution < -0.4 is 0 Å². The Bertz CT molecular complexity index is 572. The summed E-state index contributed by atoms with van der Waals surface area (Å²) in [6.45, 7) is 1.36. The van der Waals surface area contributed by atoms with Crippen LogP contribution in [0.2, 0.25) is 0 Å². The summed E-state index contributed by atoms with van der Waals surface area (Å²) in [5.74, 6) is 0. The molecular weight excluding hydrogens is 256 g/mol. The van der Waals surface area contributed by atoms with Crippen LogP contribution >= 0.6 is 0 Å². The van der Waals surface area contributed by atoms with Crippen LogP contribution in [0.15, 0.2) is 34.2 Å². The fourth-order valence-corrected chi connectivity index (χ4v) is 3.28. The van der Waals surface area contributed by atoms with Gasteiger partial charge in [-0.25, -0.2) is 13.2 Å². The monoisotopic (exact) mass is 268 g/mol. The fourth-order valence-electron chi connectivity index (χ4n) is 1.74. The van der Waals surface area contributed by atoms with E-state index in [1.54, 1.807) is 12.1 Å². The van der Waals surface area contributed by atoms with E-state index in [9.17, 15) is 13.2 Å². The van der Waals surface area contributed by atoms with Gasteiger partial charge in [-0.15, -0.1) is 0 Å². The summed E-state index contributed by atoms with van der Waals surface area (Å²) in [5, 5.41) is 0. The number of benzene rings is 1. The van der Waals surface area contributed by atoms with Gasteiger partial charge in [0.1, 0.15) is 4.90 Å². The lowest BCUT2D eigenvalue weighted by Gasteiger charge is -2.26. The highest BCUT2D eigenvalue weighted by Gasteiger charge is 2.28. The Hall–Kier alpha value is -1.53. The maximum Gasteiger partial charge on any atom is 0.245 e. The SMILES string of the molecule is O=C=Nc1ccccc1S(=O)(=O)N1CCOCC1. The van der Waals surface area contributed by atoms with Crippen molar-refractivity contribution >= 4 is 21.8 Å². The highest BCUT2D eigenvalue weighted by Crippen LogP contribution is 2.26. The van der Waals surface area contributed by atoms with Gasteiger partial charge in [0.05, 0.1) is 18.9 Å². The predicted molar refractivity (Wildman–Crippen MR) is 63.8 cm³/mol. The van der Waals surface area contributed by atoms with Gasteiger partial charge < -0.3 is 4.74 Å². The number of isocyanates is 1. The third kappa shape index (κ3) is 2.49. The molecule has 0 saturated carbocycles. The Labute approximate surface area is 105 Å². The van der Waals surface area contributed by atoms with E-state index in [2.05, 4.69) is 4.99 Å². The van der Waals surface area contributed by atoms with Crippen LogP contribution in [-0.2, 0) is 19.6 Å². The molecule has 0 radical (unpaired) electrons. The van der Waals surface area contributed by atoms with Gasteiger partial charge in [-0.2, -0.15) is 9.30 Å². The number of hydrogen-bond donors (Lipinski definition) is 0. The van der Waals surface area contributed by atoms with Gasteiger partial charge in [-0.3, -0.25) is 0 Å².